The van der Waals surface area contributed by atoms with Gasteiger partial charge in [-0.1, -0.05) is 6.07 Å². The number of nitrogens with zero attached hydrogens (tertiary/aromatic N) is 3. The summed E-state index contributed by atoms with van der Waals surface area (Å²) in [6, 6.07) is 4.06. The van der Waals surface area contributed by atoms with Gasteiger partial charge in [0.15, 0.2) is 0 Å². The third-order valence-electron chi connectivity index (χ3n) is 2.69. The third kappa shape index (κ3) is 2.32. The van der Waals surface area contributed by atoms with Gasteiger partial charge in [0.2, 0.25) is 0 Å². The summed E-state index contributed by atoms with van der Waals surface area (Å²) in [6.45, 7) is 2.01. The number of imidazole rings is 1. The van der Waals surface area contributed by atoms with E-state index in [4.69, 9.17) is 0 Å². The van der Waals surface area contributed by atoms with Gasteiger partial charge in [0.05, 0.1) is 5.69 Å². The summed E-state index contributed by atoms with van der Waals surface area (Å²) < 4.78 is 3.13. The second kappa shape index (κ2) is 4.78. The number of aromatic nitrogens is 3. The molecular formula is C12H14BrN3. The Labute approximate surface area is 104 Å². The zero-order chi connectivity index (χ0) is 11.5. The van der Waals surface area contributed by atoms with Gasteiger partial charge in [0.25, 0.3) is 0 Å². The predicted octanol–water partition coefficient (Wildman–Crippen LogP) is 2.67. The van der Waals surface area contributed by atoms with Crippen LogP contribution in [0, 0.1) is 6.92 Å². The monoisotopic (exact) mass is 279 g/mol. The molecule has 2 heterocycles. The first kappa shape index (κ1) is 11.3. The number of hydrogen-bond donors (Lipinski definition) is 0. The fourth-order valence-corrected chi connectivity index (χ4v) is 2.16. The van der Waals surface area contributed by atoms with Crippen molar-refractivity contribution in [3.8, 4) is 0 Å². The second-order valence-electron chi connectivity index (χ2n) is 3.82. The number of hydrogen-bond acceptors (Lipinski definition) is 2. The minimum Gasteiger partial charge on any atom is -0.326 e. The van der Waals surface area contributed by atoms with E-state index in [2.05, 4.69) is 36.5 Å². The van der Waals surface area contributed by atoms with Crippen molar-refractivity contribution in [2.45, 2.75) is 19.8 Å². The molecule has 16 heavy (non-hydrogen) atoms. The molecule has 2 aromatic heterocycles. The van der Waals surface area contributed by atoms with Gasteiger partial charge in [-0.3, -0.25) is 4.98 Å². The van der Waals surface area contributed by atoms with Crippen LogP contribution in [-0.4, -0.2) is 14.5 Å². The summed E-state index contributed by atoms with van der Waals surface area (Å²) in [5.74, 6) is 1.04. The molecule has 0 amide bonds. The van der Waals surface area contributed by atoms with Gasteiger partial charge in [-0.2, -0.15) is 0 Å². The van der Waals surface area contributed by atoms with E-state index in [1.807, 2.05) is 26.2 Å². The summed E-state index contributed by atoms with van der Waals surface area (Å²) in [4.78, 5) is 8.63. The molecule has 0 atom stereocenters. The van der Waals surface area contributed by atoms with Crippen molar-refractivity contribution in [1.29, 1.82) is 0 Å². The Balaban J connectivity index is 2.08. The molecule has 2 rings (SSSR count). The highest BCUT2D eigenvalue weighted by Crippen LogP contribution is 2.18. The number of halogens is 1. The molecule has 0 spiro atoms. The van der Waals surface area contributed by atoms with Gasteiger partial charge < -0.3 is 4.57 Å². The van der Waals surface area contributed by atoms with Gasteiger partial charge >= 0.3 is 0 Å². The Morgan fingerprint density at radius 2 is 2.19 bits per heavy atom. The van der Waals surface area contributed by atoms with E-state index in [9.17, 15) is 0 Å². The molecule has 0 saturated heterocycles. The highest BCUT2D eigenvalue weighted by atomic mass is 79.9. The van der Waals surface area contributed by atoms with Crippen LogP contribution in [0.5, 0.6) is 0 Å². The Morgan fingerprint density at radius 1 is 1.38 bits per heavy atom. The maximum absolute atomic E-state index is 4.52. The lowest BCUT2D eigenvalue weighted by atomic mass is 10.1. The fourth-order valence-electron chi connectivity index (χ4n) is 1.62. The van der Waals surface area contributed by atoms with Crippen molar-refractivity contribution in [2.75, 3.05) is 0 Å². The van der Waals surface area contributed by atoms with Crippen LogP contribution in [0.1, 0.15) is 17.1 Å². The van der Waals surface area contributed by atoms with Crippen molar-refractivity contribution in [3.63, 3.8) is 0 Å². The zero-order valence-corrected chi connectivity index (χ0v) is 11.0. The van der Waals surface area contributed by atoms with E-state index in [1.165, 1.54) is 5.56 Å². The number of pyridine rings is 1. The molecule has 0 aliphatic carbocycles. The average molecular weight is 280 g/mol. The van der Waals surface area contributed by atoms with Gasteiger partial charge in [-0.05, 0) is 47.3 Å². The lowest BCUT2D eigenvalue weighted by Crippen LogP contribution is -1.94. The van der Waals surface area contributed by atoms with Crippen molar-refractivity contribution in [2.24, 2.45) is 7.05 Å². The molecule has 3 nitrogen and oxygen atoms in total. The summed E-state index contributed by atoms with van der Waals surface area (Å²) in [7, 11) is 2.01. The first-order valence-electron chi connectivity index (χ1n) is 5.25. The van der Waals surface area contributed by atoms with Crippen molar-refractivity contribution < 1.29 is 0 Å². The van der Waals surface area contributed by atoms with E-state index in [1.54, 1.807) is 6.20 Å². The maximum Gasteiger partial charge on any atom is 0.108 e. The first-order chi connectivity index (χ1) is 7.68. The van der Waals surface area contributed by atoms with E-state index >= 15 is 0 Å². The summed E-state index contributed by atoms with van der Waals surface area (Å²) in [5.41, 5.74) is 2.36. The highest BCUT2D eigenvalue weighted by Gasteiger charge is 2.09. The van der Waals surface area contributed by atoms with Crippen LogP contribution >= 0.6 is 15.9 Å². The molecule has 0 fully saturated rings. The van der Waals surface area contributed by atoms with Crippen LogP contribution in [-0.2, 0) is 19.9 Å². The Kier molecular flexibility index (Phi) is 3.39. The van der Waals surface area contributed by atoms with Crippen LogP contribution in [0.2, 0.25) is 0 Å². The largest absolute Gasteiger partial charge is 0.326 e. The number of aryl methyl sites for hydroxylation is 3. The molecule has 0 N–H and O–H groups in total. The molecule has 0 aromatic carbocycles. The lowest BCUT2D eigenvalue weighted by molar-refractivity contribution is 0.838. The van der Waals surface area contributed by atoms with Crippen LogP contribution < -0.4 is 0 Å². The average Bonchev–Trinajstić information content (AvgIpc) is 2.56. The maximum atomic E-state index is 4.52. The quantitative estimate of drug-likeness (QED) is 0.865. The predicted molar refractivity (Wildman–Crippen MR) is 67.3 cm³/mol. The van der Waals surface area contributed by atoms with Crippen LogP contribution in [0.15, 0.2) is 29.1 Å². The van der Waals surface area contributed by atoms with Crippen molar-refractivity contribution >= 4 is 15.9 Å². The first-order valence-corrected chi connectivity index (χ1v) is 6.04. The smallest absolute Gasteiger partial charge is 0.108 e. The minimum atomic E-state index is 0.938. The third-order valence-corrected chi connectivity index (χ3v) is 3.68. The van der Waals surface area contributed by atoms with Crippen LogP contribution in [0.4, 0.5) is 0 Å². The Bertz CT molecular complexity index is 477. The van der Waals surface area contributed by atoms with Gasteiger partial charge in [-0.15, -0.1) is 0 Å². The van der Waals surface area contributed by atoms with Gasteiger partial charge in [0.1, 0.15) is 10.4 Å². The molecule has 0 saturated carbocycles. The van der Waals surface area contributed by atoms with Crippen LogP contribution in [0.3, 0.4) is 0 Å². The van der Waals surface area contributed by atoms with Crippen LogP contribution in [0.25, 0.3) is 0 Å². The second-order valence-corrected chi connectivity index (χ2v) is 4.57. The summed E-state index contributed by atoms with van der Waals surface area (Å²) in [6.07, 6.45) is 5.62. The highest BCUT2D eigenvalue weighted by molar-refractivity contribution is 9.10. The Hall–Kier alpha value is -1.16. The molecule has 0 aliphatic rings. The molecule has 0 radical (unpaired) electrons. The van der Waals surface area contributed by atoms with Gasteiger partial charge in [0, 0.05) is 19.4 Å². The molecule has 0 bridgehead atoms. The molecule has 4 heteroatoms. The SMILES string of the molecule is Cc1nc(CCc2cccnc2)c(Br)n1C. The Morgan fingerprint density at radius 3 is 2.75 bits per heavy atom. The van der Waals surface area contributed by atoms with Crippen molar-refractivity contribution in [3.05, 3.63) is 46.2 Å². The molecule has 84 valence electrons. The van der Waals surface area contributed by atoms with E-state index in [-0.39, 0.29) is 0 Å². The molecular weight excluding hydrogens is 266 g/mol. The zero-order valence-electron chi connectivity index (χ0n) is 9.44. The molecule has 0 unspecified atom stereocenters. The molecule has 2 aromatic rings. The standard InChI is InChI=1S/C12H14BrN3/c1-9-15-11(12(13)16(9)2)6-5-10-4-3-7-14-8-10/h3-4,7-8H,5-6H2,1-2H3. The van der Waals surface area contributed by atoms with E-state index in [0.29, 0.717) is 0 Å². The minimum absolute atomic E-state index is 0.938. The summed E-state index contributed by atoms with van der Waals surface area (Å²) in [5, 5.41) is 0. The fraction of sp³-hybridized carbons (Fsp3) is 0.333. The topological polar surface area (TPSA) is 30.7 Å². The van der Waals surface area contributed by atoms with Crippen molar-refractivity contribution in [1.82, 2.24) is 14.5 Å². The van der Waals surface area contributed by atoms with E-state index in [0.717, 1.165) is 29.0 Å². The van der Waals surface area contributed by atoms with E-state index < -0.39 is 0 Å². The van der Waals surface area contributed by atoms with Gasteiger partial charge in [-0.25, -0.2) is 4.98 Å². The summed E-state index contributed by atoms with van der Waals surface area (Å²) >= 11 is 3.56. The lowest BCUT2D eigenvalue weighted by Gasteiger charge is -1.99. The normalized spacial score (nSPS) is 10.7. The molecule has 0 aliphatic heterocycles. The number of rotatable bonds is 3.